The molecule has 3 aliphatic rings. The molecule has 6 heteroatoms. The van der Waals surface area contributed by atoms with E-state index in [9.17, 15) is 14.4 Å². The number of Topliss-reactive ketones (excluding diaryl/α,β-unsaturated/α-hetero) is 1. The van der Waals surface area contributed by atoms with Gasteiger partial charge in [0.15, 0.2) is 5.43 Å². The predicted octanol–water partition coefficient (Wildman–Crippen LogP) is 4.88. The summed E-state index contributed by atoms with van der Waals surface area (Å²) in [6.07, 6.45) is 10.4. The Labute approximate surface area is 192 Å². The summed E-state index contributed by atoms with van der Waals surface area (Å²) >= 11 is 0. The molecule has 1 aliphatic heterocycles. The van der Waals surface area contributed by atoms with Gasteiger partial charge in [-0.2, -0.15) is 0 Å². The Hall–Kier alpha value is -3.15. The zero-order chi connectivity index (χ0) is 22.9. The molecule has 2 unspecified atom stereocenters. The third kappa shape index (κ3) is 4.03. The Morgan fingerprint density at radius 1 is 1.06 bits per heavy atom. The van der Waals surface area contributed by atoms with Gasteiger partial charge in [0.1, 0.15) is 17.5 Å². The summed E-state index contributed by atoms with van der Waals surface area (Å²) < 4.78 is 11.8. The van der Waals surface area contributed by atoms with E-state index in [1.807, 2.05) is 13.0 Å². The molecule has 2 heterocycles. The zero-order valence-corrected chi connectivity index (χ0v) is 18.9. The molecule has 1 saturated carbocycles. The second kappa shape index (κ2) is 9.00. The van der Waals surface area contributed by atoms with Gasteiger partial charge in [0.2, 0.25) is 0 Å². The maximum atomic E-state index is 13.5. The van der Waals surface area contributed by atoms with Crippen molar-refractivity contribution in [3.05, 3.63) is 69.4 Å². The number of nitrogens with one attached hydrogen (secondary N) is 1. The first kappa shape index (κ1) is 21.7. The van der Waals surface area contributed by atoms with E-state index in [2.05, 4.69) is 5.32 Å². The molecule has 2 aliphatic carbocycles. The first-order valence-electron chi connectivity index (χ1n) is 12.0. The van der Waals surface area contributed by atoms with Crippen LogP contribution in [0.25, 0.3) is 11.0 Å². The van der Waals surface area contributed by atoms with Gasteiger partial charge in [-0.15, -0.1) is 0 Å². The van der Waals surface area contributed by atoms with Crippen molar-refractivity contribution in [3.63, 3.8) is 0 Å². The van der Waals surface area contributed by atoms with Crippen LogP contribution in [0, 0.1) is 5.92 Å². The average molecular weight is 448 g/mol. The van der Waals surface area contributed by atoms with Crippen molar-refractivity contribution in [2.45, 2.75) is 70.3 Å². The summed E-state index contributed by atoms with van der Waals surface area (Å²) in [5.41, 5.74) is 2.34. The van der Waals surface area contributed by atoms with Crippen LogP contribution in [0.1, 0.15) is 69.8 Å². The Morgan fingerprint density at radius 2 is 1.82 bits per heavy atom. The molecule has 2 aromatic rings. The molecule has 0 spiro atoms. The summed E-state index contributed by atoms with van der Waals surface area (Å²) in [6.45, 7) is 1.81. The van der Waals surface area contributed by atoms with Gasteiger partial charge in [0.05, 0.1) is 23.1 Å². The quantitative estimate of drug-likeness (QED) is 0.533. The van der Waals surface area contributed by atoms with Crippen molar-refractivity contribution in [1.82, 2.24) is 5.32 Å². The van der Waals surface area contributed by atoms with E-state index < -0.39 is 17.8 Å². The van der Waals surface area contributed by atoms with Gasteiger partial charge >= 0.3 is 5.97 Å². The van der Waals surface area contributed by atoms with Crippen LogP contribution in [0.4, 0.5) is 0 Å². The first-order chi connectivity index (χ1) is 16.0. The van der Waals surface area contributed by atoms with Crippen molar-refractivity contribution >= 4 is 22.7 Å². The third-order valence-corrected chi connectivity index (χ3v) is 7.15. The molecule has 6 nitrogen and oxygen atoms in total. The largest absolute Gasteiger partial charge is 0.464 e. The third-order valence-electron chi connectivity index (χ3n) is 7.15. The minimum absolute atomic E-state index is 0.0184. The van der Waals surface area contributed by atoms with Crippen LogP contribution < -0.4 is 10.7 Å². The standard InChI is InChI=1S/C27H29NO5/c1-16-23(27(31)33-17-9-4-2-3-5-10-17)24(25-20(28-16)12-8-13-21(25)29)19-15-32-22-14-7-6-11-18(22)26(19)30/h6-7,11-12,14-15,17,24-25,28H,2-5,8-10,13H2,1H3. The van der Waals surface area contributed by atoms with Crippen LogP contribution in [0.2, 0.25) is 0 Å². The average Bonchev–Trinajstić information content (AvgIpc) is 3.07. The maximum absolute atomic E-state index is 13.5. The first-order valence-corrected chi connectivity index (χ1v) is 12.0. The number of allylic oxidation sites excluding steroid dienone is 3. The minimum atomic E-state index is -0.732. The molecule has 1 aromatic heterocycles. The van der Waals surface area contributed by atoms with Crippen molar-refractivity contribution < 1.29 is 18.7 Å². The highest BCUT2D eigenvalue weighted by atomic mass is 16.5. The number of hydrogen-bond acceptors (Lipinski definition) is 6. The van der Waals surface area contributed by atoms with Gasteiger partial charge in [-0.1, -0.05) is 31.1 Å². The molecule has 33 heavy (non-hydrogen) atoms. The summed E-state index contributed by atoms with van der Waals surface area (Å²) in [4.78, 5) is 40.2. The second-order valence-electron chi connectivity index (χ2n) is 9.32. The molecule has 172 valence electrons. The maximum Gasteiger partial charge on any atom is 0.336 e. The Kier molecular flexibility index (Phi) is 5.92. The second-order valence-corrected chi connectivity index (χ2v) is 9.32. The van der Waals surface area contributed by atoms with Crippen molar-refractivity contribution in [2.24, 2.45) is 5.92 Å². The fourth-order valence-electron chi connectivity index (χ4n) is 5.50. The van der Waals surface area contributed by atoms with Crippen LogP contribution in [0.5, 0.6) is 0 Å². The molecule has 0 saturated heterocycles. The number of para-hydroxylation sites is 1. The predicted molar refractivity (Wildman–Crippen MR) is 124 cm³/mol. The number of hydrogen-bond donors (Lipinski definition) is 1. The van der Waals surface area contributed by atoms with E-state index in [4.69, 9.17) is 9.15 Å². The SMILES string of the molecule is CC1=C(C(=O)OC2CCCCCC2)C(c2coc3ccccc3c2=O)C2C(=O)CCC=C2N1. The number of ketones is 1. The van der Waals surface area contributed by atoms with Crippen molar-refractivity contribution in [3.8, 4) is 0 Å². The fraction of sp³-hybridized carbons (Fsp3) is 0.444. The van der Waals surface area contributed by atoms with E-state index in [1.54, 1.807) is 24.3 Å². The lowest BCUT2D eigenvalue weighted by molar-refractivity contribution is -0.145. The van der Waals surface area contributed by atoms with E-state index >= 15 is 0 Å². The van der Waals surface area contributed by atoms with Gasteiger partial charge in [0, 0.05) is 29.3 Å². The number of carbonyl (C=O) groups excluding carboxylic acids is 2. The normalized spacial score (nSPS) is 24.0. The molecule has 5 rings (SSSR count). The van der Waals surface area contributed by atoms with Gasteiger partial charge in [-0.25, -0.2) is 4.79 Å². The number of esters is 1. The smallest absolute Gasteiger partial charge is 0.336 e. The van der Waals surface area contributed by atoms with Crippen molar-refractivity contribution in [1.29, 1.82) is 0 Å². The summed E-state index contributed by atoms with van der Waals surface area (Å²) in [7, 11) is 0. The lowest BCUT2D eigenvalue weighted by atomic mass is 9.71. The molecule has 1 aromatic carbocycles. The number of rotatable bonds is 3. The fourth-order valence-corrected chi connectivity index (χ4v) is 5.50. The number of carbonyl (C=O) groups is 2. The summed E-state index contributed by atoms with van der Waals surface area (Å²) in [5.74, 6) is -1.78. The van der Waals surface area contributed by atoms with E-state index in [1.165, 1.54) is 6.26 Å². The number of benzene rings is 1. The van der Waals surface area contributed by atoms with Crippen LogP contribution in [0.3, 0.4) is 0 Å². The van der Waals surface area contributed by atoms with Crippen molar-refractivity contribution in [2.75, 3.05) is 0 Å². The molecule has 0 amide bonds. The summed E-state index contributed by atoms with van der Waals surface area (Å²) in [6, 6.07) is 7.04. The molecule has 1 N–H and O–H groups in total. The van der Waals surface area contributed by atoms with Gasteiger partial charge in [0.25, 0.3) is 0 Å². The van der Waals surface area contributed by atoms with Gasteiger partial charge < -0.3 is 14.5 Å². The monoisotopic (exact) mass is 447 g/mol. The zero-order valence-electron chi connectivity index (χ0n) is 18.9. The Morgan fingerprint density at radius 3 is 2.61 bits per heavy atom. The molecule has 0 radical (unpaired) electrons. The number of ether oxygens (including phenoxy) is 1. The van der Waals surface area contributed by atoms with Crippen LogP contribution in [-0.2, 0) is 14.3 Å². The van der Waals surface area contributed by atoms with Crippen LogP contribution in [0.15, 0.2) is 62.8 Å². The molecule has 1 fully saturated rings. The topological polar surface area (TPSA) is 85.6 Å². The molecular formula is C27H29NO5. The molecule has 2 atom stereocenters. The van der Waals surface area contributed by atoms with E-state index in [0.29, 0.717) is 40.6 Å². The lowest BCUT2D eigenvalue weighted by Crippen LogP contribution is -2.42. The van der Waals surface area contributed by atoms with E-state index in [-0.39, 0.29) is 17.3 Å². The summed E-state index contributed by atoms with van der Waals surface area (Å²) in [5, 5.41) is 3.71. The molecule has 0 bridgehead atoms. The highest BCUT2D eigenvalue weighted by Gasteiger charge is 2.45. The van der Waals surface area contributed by atoms with Gasteiger partial charge in [-0.3, -0.25) is 9.59 Å². The lowest BCUT2D eigenvalue weighted by Gasteiger charge is -2.37. The Bertz CT molecular complexity index is 1210. The highest BCUT2D eigenvalue weighted by Crippen LogP contribution is 2.43. The van der Waals surface area contributed by atoms with Crippen LogP contribution >= 0.6 is 0 Å². The highest BCUT2D eigenvalue weighted by molar-refractivity contribution is 5.96. The van der Waals surface area contributed by atoms with Gasteiger partial charge in [-0.05, 0) is 51.2 Å². The van der Waals surface area contributed by atoms with Crippen LogP contribution in [-0.4, -0.2) is 17.9 Å². The number of fused-ring (bicyclic) bond motifs is 2. The van der Waals surface area contributed by atoms with E-state index in [0.717, 1.165) is 44.2 Å². The molecular weight excluding hydrogens is 418 g/mol. The Balaban J connectivity index is 1.61. The minimum Gasteiger partial charge on any atom is -0.464 e.